The summed E-state index contributed by atoms with van der Waals surface area (Å²) in [4.78, 5) is 2.16. The fraction of sp³-hybridized carbons (Fsp3) is 0.538. The van der Waals surface area contributed by atoms with E-state index in [0.29, 0.717) is 31.1 Å². The molecule has 1 aliphatic heterocycles. The van der Waals surface area contributed by atoms with Crippen molar-refractivity contribution >= 4 is 21.4 Å². The Bertz CT molecular complexity index is 574. The number of rotatable bonds is 3. The van der Waals surface area contributed by atoms with Gasteiger partial charge in [-0.25, -0.2) is 12.7 Å². The van der Waals surface area contributed by atoms with Crippen LogP contribution < -0.4 is 15.4 Å². The number of nitrogens with two attached hydrogens (primary N) is 1. The summed E-state index contributed by atoms with van der Waals surface area (Å²) in [5.41, 5.74) is 7.42. The summed E-state index contributed by atoms with van der Waals surface area (Å²) in [6.07, 6.45) is 2.06. The molecule has 1 aromatic rings. The van der Waals surface area contributed by atoms with Crippen LogP contribution in [0.25, 0.3) is 0 Å². The molecule has 0 spiro atoms. The van der Waals surface area contributed by atoms with Crippen LogP contribution in [0.15, 0.2) is 18.2 Å². The molecule has 1 fully saturated rings. The van der Waals surface area contributed by atoms with Crippen molar-refractivity contribution in [1.29, 1.82) is 0 Å². The number of nitrogens with zero attached hydrogens (tertiary/aromatic N) is 2. The normalized spacial score (nSPS) is 17.8. The third kappa shape index (κ3) is 3.34. The molecule has 2 N–H and O–H groups in total. The molecule has 20 heavy (non-hydrogen) atoms. The van der Waals surface area contributed by atoms with E-state index in [4.69, 9.17) is 10.5 Å². The van der Waals surface area contributed by atoms with Gasteiger partial charge in [-0.05, 0) is 18.6 Å². The van der Waals surface area contributed by atoms with Gasteiger partial charge in [-0.1, -0.05) is 0 Å². The number of ether oxygens (including phenoxy) is 1. The van der Waals surface area contributed by atoms with Gasteiger partial charge in [0.05, 0.1) is 19.1 Å². The molecule has 7 heteroatoms. The fourth-order valence-electron chi connectivity index (χ4n) is 2.38. The van der Waals surface area contributed by atoms with Crippen molar-refractivity contribution in [2.24, 2.45) is 0 Å². The van der Waals surface area contributed by atoms with E-state index in [1.54, 1.807) is 7.11 Å². The van der Waals surface area contributed by atoms with E-state index in [1.807, 2.05) is 18.2 Å². The highest BCUT2D eigenvalue weighted by molar-refractivity contribution is 7.88. The zero-order valence-corrected chi connectivity index (χ0v) is 12.7. The van der Waals surface area contributed by atoms with Crippen molar-refractivity contribution in [3.8, 4) is 5.75 Å². The molecule has 0 saturated carbocycles. The van der Waals surface area contributed by atoms with E-state index in [2.05, 4.69) is 4.90 Å². The van der Waals surface area contributed by atoms with Gasteiger partial charge in [-0.2, -0.15) is 0 Å². The summed E-state index contributed by atoms with van der Waals surface area (Å²) >= 11 is 0. The van der Waals surface area contributed by atoms with Crippen molar-refractivity contribution in [1.82, 2.24) is 4.31 Å². The lowest BCUT2D eigenvalue weighted by Gasteiger charge is -2.23. The van der Waals surface area contributed by atoms with Crippen LogP contribution in [0.4, 0.5) is 11.4 Å². The molecular weight excluding hydrogens is 278 g/mol. The number of methoxy groups -OCH3 is 1. The van der Waals surface area contributed by atoms with Crippen LogP contribution in [0.2, 0.25) is 0 Å². The number of anilines is 2. The first-order valence-electron chi connectivity index (χ1n) is 6.55. The zero-order chi connectivity index (χ0) is 14.8. The molecule has 6 nitrogen and oxygen atoms in total. The molecular formula is C13H21N3O3S. The monoisotopic (exact) mass is 299 g/mol. The van der Waals surface area contributed by atoms with Crippen molar-refractivity contribution in [3.05, 3.63) is 18.2 Å². The summed E-state index contributed by atoms with van der Waals surface area (Å²) in [6.45, 7) is 2.56. The maximum atomic E-state index is 11.6. The number of hydrogen-bond donors (Lipinski definition) is 1. The van der Waals surface area contributed by atoms with E-state index in [1.165, 1.54) is 10.6 Å². The Balaban J connectivity index is 2.14. The fourth-order valence-corrected chi connectivity index (χ4v) is 3.25. The largest absolute Gasteiger partial charge is 0.495 e. The second kappa shape index (κ2) is 5.88. The van der Waals surface area contributed by atoms with E-state index < -0.39 is 10.0 Å². The standard InChI is InChI=1S/C13H21N3O3S/c1-19-13-10-11(4-5-12(13)14)15-6-3-7-16(9-8-15)20(2,17)18/h4-5,10H,3,6-9,14H2,1-2H3. The average molecular weight is 299 g/mol. The molecule has 0 aliphatic carbocycles. The summed E-state index contributed by atoms with van der Waals surface area (Å²) in [6, 6.07) is 5.65. The smallest absolute Gasteiger partial charge is 0.211 e. The molecule has 0 aromatic heterocycles. The molecule has 0 amide bonds. The second-order valence-corrected chi connectivity index (χ2v) is 6.91. The molecule has 2 rings (SSSR count). The minimum atomic E-state index is -3.11. The first-order chi connectivity index (χ1) is 9.41. The predicted molar refractivity (Wildman–Crippen MR) is 80.7 cm³/mol. The molecule has 0 bridgehead atoms. The van der Waals surface area contributed by atoms with Crippen molar-refractivity contribution < 1.29 is 13.2 Å². The molecule has 1 heterocycles. The van der Waals surface area contributed by atoms with Gasteiger partial charge in [0.2, 0.25) is 10.0 Å². The molecule has 112 valence electrons. The Kier molecular flexibility index (Phi) is 4.39. The van der Waals surface area contributed by atoms with Gasteiger partial charge in [0, 0.05) is 37.9 Å². The van der Waals surface area contributed by atoms with E-state index in [0.717, 1.165) is 18.7 Å². The minimum absolute atomic E-state index is 0.505. The van der Waals surface area contributed by atoms with Crippen LogP contribution in [0.5, 0.6) is 5.75 Å². The predicted octanol–water partition coefficient (Wildman–Crippen LogP) is 0.749. The summed E-state index contributed by atoms with van der Waals surface area (Å²) in [5, 5.41) is 0. The highest BCUT2D eigenvalue weighted by Gasteiger charge is 2.21. The summed E-state index contributed by atoms with van der Waals surface area (Å²) < 4.78 is 30.0. The number of nitrogen functional groups attached to an aromatic ring is 1. The van der Waals surface area contributed by atoms with Gasteiger partial charge in [0.15, 0.2) is 0 Å². The lowest BCUT2D eigenvalue weighted by molar-refractivity contribution is 0.417. The number of hydrogen-bond acceptors (Lipinski definition) is 5. The molecule has 0 unspecified atom stereocenters. The lowest BCUT2D eigenvalue weighted by Crippen LogP contribution is -2.34. The van der Waals surface area contributed by atoms with Crippen LogP contribution in [-0.4, -0.2) is 52.3 Å². The van der Waals surface area contributed by atoms with Crippen molar-refractivity contribution in [2.75, 3.05) is 50.2 Å². The zero-order valence-electron chi connectivity index (χ0n) is 11.9. The van der Waals surface area contributed by atoms with Crippen molar-refractivity contribution in [2.45, 2.75) is 6.42 Å². The Morgan fingerprint density at radius 3 is 2.60 bits per heavy atom. The van der Waals surface area contributed by atoms with Crippen LogP contribution in [0.3, 0.4) is 0 Å². The molecule has 1 aromatic carbocycles. The third-order valence-corrected chi connectivity index (χ3v) is 4.81. The van der Waals surface area contributed by atoms with Gasteiger partial charge in [-0.15, -0.1) is 0 Å². The molecule has 0 atom stereocenters. The Morgan fingerprint density at radius 1 is 1.20 bits per heavy atom. The maximum Gasteiger partial charge on any atom is 0.211 e. The third-order valence-electron chi connectivity index (χ3n) is 3.51. The Labute approximate surface area is 120 Å². The quantitative estimate of drug-likeness (QED) is 0.834. The van der Waals surface area contributed by atoms with Gasteiger partial charge >= 0.3 is 0 Å². The van der Waals surface area contributed by atoms with E-state index >= 15 is 0 Å². The van der Waals surface area contributed by atoms with Gasteiger partial charge in [0.1, 0.15) is 5.75 Å². The lowest BCUT2D eigenvalue weighted by atomic mass is 10.2. The van der Waals surface area contributed by atoms with Crippen molar-refractivity contribution in [3.63, 3.8) is 0 Å². The summed E-state index contributed by atoms with van der Waals surface area (Å²) in [5.74, 6) is 0.645. The first kappa shape index (κ1) is 14.9. The minimum Gasteiger partial charge on any atom is -0.495 e. The number of sulfonamides is 1. The number of benzene rings is 1. The van der Waals surface area contributed by atoms with E-state index in [-0.39, 0.29) is 0 Å². The van der Waals surface area contributed by atoms with Crippen LogP contribution in [0.1, 0.15) is 6.42 Å². The molecule has 1 saturated heterocycles. The summed E-state index contributed by atoms with van der Waals surface area (Å²) in [7, 11) is -1.53. The topological polar surface area (TPSA) is 75.9 Å². The SMILES string of the molecule is COc1cc(N2CCCN(S(C)(=O)=O)CC2)ccc1N. The first-order valence-corrected chi connectivity index (χ1v) is 8.40. The average Bonchev–Trinajstić information content (AvgIpc) is 2.64. The second-order valence-electron chi connectivity index (χ2n) is 4.93. The highest BCUT2D eigenvalue weighted by Crippen LogP contribution is 2.28. The molecule has 0 radical (unpaired) electrons. The maximum absolute atomic E-state index is 11.6. The highest BCUT2D eigenvalue weighted by atomic mass is 32.2. The Morgan fingerprint density at radius 2 is 1.95 bits per heavy atom. The molecule has 1 aliphatic rings. The van der Waals surface area contributed by atoms with Gasteiger partial charge in [0.25, 0.3) is 0 Å². The van der Waals surface area contributed by atoms with Crippen LogP contribution >= 0.6 is 0 Å². The van der Waals surface area contributed by atoms with E-state index in [9.17, 15) is 8.42 Å². The Hall–Kier alpha value is -1.47. The van der Waals surface area contributed by atoms with Gasteiger partial charge < -0.3 is 15.4 Å². The van der Waals surface area contributed by atoms with Crippen LogP contribution in [-0.2, 0) is 10.0 Å². The van der Waals surface area contributed by atoms with Crippen LogP contribution in [0, 0.1) is 0 Å². The van der Waals surface area contributed by atoms with Gasteiger partial charge in [-0.3, -0.25) is 0 Å².